The molecule has 2 aromatic rings. The summed E-state index contributed by atoms with van der Waals surface area (Å²) in [4.78, 5) is 13.3. The van der Waals surface area contributed by atoms with E-state index in [1.165, 1.54) is 4.90 Å². The van der Waals surface area contributed by atoms with E-state index in [-0.39, 0.29) is 32.1 Å². The molecule has 138 valence electrons. The lowest BCUT2D eigenvalue weighted by Crippen LogP contribution is -2.50. The van der Waals surface area contributed by atoms with Gasteiger partial charge in [0.1, 0.15) is 16.5 Å². The Kier molecular flexibility index (Phi) is 5.27. The van der Waals surface area contributed by atoms with Gasteiger partial charge >= 0.3 is 0 Å². The normalized spacial score (nSPS) is 15.9. The fourth-order valence-electron chi connectivity index (χ4n) is 2.75. The molecule has 1 aliphatic heterocycles. The Bertz CT molecular complexity index is 945. The number of rotatable bonds is 3. The predicted molar refractivity (Wildman–Crippen MR) is 92.5 cm³/mol. The van der Waals surface area contributed by atoms with Gasteiger partial charge in [0.25, 0.3) is 5.91 Å². The Morgan fingerprint density at radius 1 is 1.00 bits per heavy atom. The molecule has 1 heterocycles. The molecule has 3 rings (SSSR count). The molecule has 9 heteroatoms. The van der Waals surface area contributed by atoms with Crippen LogP contribution in [0.15, 0.2) is 47.4 Å². The van der Waals surface area contributed by atoms with Crippen molar-refractivity contribution in [3.8, 4) is 0 Å². The van der Waals surface area contributed by atoms with E-state index in [2.05, 4.69) is 0 Å². The van der Waals surface area contributed by atoms with Crippen LogP contribution in [-0.2, 0) is 10.0 Å². The van der Waals surface area contributed by atoms with Crippen molar-refractivity contribution in [2.45, 2.75) is 4.90 Å². The maximum absolute atomic E-state index is 13.8. The number of hydrogen-bond acceptors (Lipinski definition) is 3. The first-order valence-electron chi connectivity index (χ1n) is 7.80. The van der Waals surface area contributed by atoms with Gasteiger partial charge in [-0.3, -0.25) is 4.79 Å². The summed E-state index contributed by atoms with van der Waals surface area (Å²) in [5.74, 6) is -2.15. The lowest BCUT2D eigenvalue weighted by Gasteiger charge is -2.34. The summed E-state index contributed by atoms with van der Waals surface area (Å²) in [6, 6.07) is 8.88. The van der Waals surface area contributed by atoms with E-state index in [1.54, 1.807) is 24.3 Å². The molecule has 5 nitrogen and oxygen atoms in total. The van der Waals surface area contributed by atoms with Crippen LogP contribution in [0.4, 0.5) is 8.78 Å². The standard InChI is InChI=1S/C17H15ClF2N2O3S/c18-14-4-2-1-3-13(14)17(23)21-7-9-22(10-8-21)26(24,25)16-11-12(19)5-6-15(16)20/h1-6,11H,7-10H2. The van der Waals surface area contributed by atoms with Gasteiger partial charge in [-0.2, -0.15) is 4.31 Å². The van der Waals surface area contributed by atoms with Crippen LogP contribution in [0.25, 0.3) is 0 Å². The zero-order valence-corrected chi connectivity index (χ0v) is 15.1. The SMILES string of the molecule is O=C(c1ccccc1Cl)N1CCN(S(=O)(=O)c2cc(F)ccc2F)CC1. The summed E-state index contributed by atoms with van der Waals surface area (Å²) >= 11 is 6.02. The van der Waals surface area contributed by atoms with Crippen molar-refractivity contribution < 1.29 is 22.0 Å². The van der Waals surface area contributed by atoms with Gasteiger partial charge < -0.3 is 4.90 Å². The summed E-state index contributed by atoms with van der Waals surface area (Å²) in [7, 11) is -4.18. The first-order chi connectivity index (χ1) is 12.3. The Morgan fingerprint density at radius 2 is 1.65 bits per heavy atom. The monoisotopic (exact) mass is 400 g/mol. The zero-order chi connectivity index (χ0) is 18.9. The second-order valence-electron chi connectivity index (χ2n) is 5.75. The van der Waals surface area contributed by atoms with Crippen molar-refractivity contribution in [2.24, 2.45) is 0 Å². The lowest BCUT2D eigenvalue weighted by molar-refractivity contribution is 0.0698. The second kappa shape index (κ2) is 7.30. The summed E-state index contributed by atoms with van der Waals surface area (Å²) in [5, 5.41) is 0.314. The zero-order valence-electron chi connectivity index (χ0n) is 13.5. The maximum Gasteiger partial charge on any atom is 0.255 e. The minimum absolute atomic E-state index is 0.0194. The van der Waals surface area contributed by atoms with Crippen LogP contribution >= 0.6 is 11.6 Å². The molecule has 1 amide bonds. The molecule has 26 heavy (non-hydrogen) atoms. The molecule has 0 radical (unpaired) electrons. The molecule has 0 aromatic heterocycles. The summed E-state index contributed by atoms with van der Waals surface area (Å²) < 4.78 is 53.3. The van der Waals surface area contributed by atoms with Crippen LogP contribution in [0, 0.1) is 11.6 Å². The highest BCUT2D eigenvalue weighted by atomic mass is 35.5. The van der Waals surface area contributed by atoms with Gasteiger partial charge in [0.15, 0.2) is 0 Å². The fraction of sp³-hybridized carbons (Fsp3) is 0.235. The molecule has 1 saturated heterocycles. The van der Waals surface area contributed by atoms with Crippen molar-refractivity contribution in [1.82, 2.24) is 9.21 Å². The Morgan fingerprint density at radius 3 is 2.31 bits per heavy atom. The number of sulfonamides is 1. The number of halogens is 3. The highest BCUT2D eigenvalue weighted by Gasteiger charge is 2.32. The number of carbonyl (C=O) groups is 1. The second-order valence-corrected chi connectivity index (χ2v) is 8.06. The highest BCUT2D eigenvalue weighted by Crippen LogP contribution is 2.23. The van der Waals surface area contributed by atoms with Crippen molar-refractivity contribution in [3.63, 3.8) is 0 Å². The Hall–Kier alpha value is -2.03. The number of hydrogen-bond donors (Lipinski definition) is 0. The third-order valence-corrected chi connectivity index (χ3v) is 6.38. The molecular weight excluding hydrogens is 386 g/mol. The first-order valence-corrected chi connectivity index (χ1v) is 9.61. The molecule has 0 saturated carbocycles. The van der Waals surface area contributed by atoms with Gasteiger partial charge in [0.05, 0.1) is 10.6 Å². The van der Waals surface area contributed by atoms with Crippen molar-refractivity contribution in [3.05, 3.63) is 64.7 Å². The third-order valence-electron chi connectivity index (χ3n) is 4.14. The molecule has 2 aromatic carbocycles. The van der Waals surface area contributed by atoms with Crippen LogP contribution in [0.3, 0.4) is 0 Å². The minimum atomic E-state index is -4.18. The van der Waals surface area contributed by atoms with Crippen LogP contribution < -0.4 is 0 Å². The number of nitrogens with zero attached hydrogens (tertiary/aromatic N) is 2. The number of benzene rings is 2. The van der Waals surface area contributed by atoms with Gasteiger partial charge in [-0.1, -0.05) is 23.7 Å². The smallest absolute Gasteiger partial charge is 0.255 e. The van der Waals surface area contributed by atoms with E-state index >= 15 is 0 Å². The summed E-state index contributed by atoms with van der Waals surface area (Å²) in [5.41, 5.74) is 0.335. The van der Waals surface area contributed by atoms with E-state index in [9.17, 15) is 22.0 Å². The van der Waals surface area contributed by atoms with Gasteiger partial charge in [0.2, 0.25) is 10.0 Å². The molecule has 0 unspecified atom stereocenters. The van der Waals surface area contributed by atoms with Gasteiger partial charge in [-0.05, 0) is 30.3 Å². The molecule has 0 atom stereocenters. The van der Waals surface area contributed by atoms with Crippen molar-refractivity contribution in [2.75, 3.05) is 26.2 Å². The molecule has 1 fully saturated rings. The van der Waals surface area contributed by atoms with E-state index < -0.39 is 26.6 Å². The Labute approximate surface area is 154 Å². The largest absolute Gasteiger partial charge is 0.336 e. The summed E-state index contributed by atoms with van der Waals surface area (Å²) in [6.45, 7) is 0.212. The van der Waals surface area contributed by atoms with Crippen LogP contribution in [-0.4, -0.2) is 49.7 Å². The van der Waals surface area contributed by atoms with Gasteiger partial charge in [-0.25, -0.2) is 17.2 Å². The molecule has 0 aliphatic carbocycles. The Balaban J connectivity index is 1.75. The third kappa shape index (κ3) is 3.58. The highest BCUT2D eigenvalue weighted by molar-refractivity contribution is 7.89. The molecular formula is C17H15ClF2N2O3S. The van der Waals surface area contributed by atoms with E-state index in [4.69, 9.17) is 11.6 Å². The van der Waals surface area contributed by atoms with Gasteiger partial charge in [0, 0.05) is 26.2 Å². The quantitative estimate of drug-likeness (QED) is 0.796. The van der Waals surface area contributed by atoms with Crippen molar-refractivity contribution >= 4 is 27.5 Å². The molecule has 0 bridgehead atoms. The predicted octanol–water partition coefficient (Wildman–Crippen LogP) is 2.76. The van der Waals surface area contributed by atoms with Crippen molar-refractivity contribution in [1.29, 1.82) is 0 Å². The van der Waals surface area contributed by atoms with E-state index in [0.717, 1.165) is 16.4 Å². The lowest BCUT2D eigenvalue weighted by atomic mass is 10.2. The fourth-order valence-corrected chi connectivity index (χ4v) is 4.47. The molecule has 1 aliphatic rings. The maximum atomic E-state index is 13.8. The van der Waals surface area contributed by atoms with Gasteiger partial charge in [-0.15, -0.1) is 0 Å². The minimum Gasteiger partial charge on any atom is -0.336 e. The number of amides is 1. The van der Waals surface area contributed by atoms with Crippen LogP contribution in [0.1, 0.15) is 10.4 Å². The molecule has 0 N–H and O–H groups in total. The van der Waals surface area contributed by atoms with Crippen LogP contribution in [0.2, 0.25) is 5.02 Å². The van der Waals surface area contributed by atoms with Crippen LogP contribution in [0.5, 0.6) is 0 Å². The number of piperazine rings is 1. The summed E-state index contributed by atoms with van der Waals surface area (Å²) in [6.07, 6.45) is 0. The first kappa shape index (κ1) is 18.8. The topological polar surface area (TPSA) is 57.7 Å². The molecule has 0 spiro atoms. The average molecular weight is 401 g/mol. The average Bonchev–Trinajstić information content (AvgIpc) is 2.63. The van der Waals surface area contributed by atoms with E-state index in [1.807, 2.05) is 0 Å². The van der Waals surface area contributed by atoms with E-state index in [0.29, 0.717) is 16.7 Å². The number of carbonyl (C=O) groups excluding carboxylic acids is 1.